The van der Waals surface area contributed by atoms with Crippen molar-refractivity contribution in [3.63, 3.8) is 0 Å². The third-order valence-corrected chi connectivity index (χ3v) is 4.84. The Kier molecular flexibility index (Phi) is 5.44. The number of carbonyl (C=O) groups is 2. The van der Waals surface area contributed by atoms with Crippen molar-refractivity contribution in [3.8, 4) is 11.6 Å². The molecule has 1 aromatic heterocycles. The summed E-state index contributed by atoms with van der Waals surface area (Å²) < 4.78 is 5.78. The third-order valence-electron chi connectivity index (χ3n) is 4.60. The van der Waals surface area contributed by atoms with Crippen molar-refractivity contribution in [1.29, 1.82) is 0 Å². The molecule has 29 heavy (non-hydrogen) atoms. The molecule has 3 aromatic rings. The predicted octanol–water partition coefficient (Wildman–Crippen LogP) is 4.52. The molecule has 0 radical (unpaired) electrons. The van der Waals surface area contributed by atoms with Gasteiger partial charge in [0.1, 0.15) is 11.4 Å². The van der Waals surface area contributed by atoms with Gasteiger partial charge in [-0.1, -0.05) is 35.9 Å². The number of hydrogen-bond donors (Lipinski definition) is 1. The molecule has 1 unspecified atom stereocenters. The smallest absolute Gasteiger partial charge is 0.243 e. The molecule has 2 aromatic carbocycles. The molecule has 146 valence electrons. The highest BCUT2D eigenvalue weighted by atomic mass is 35.5. The molecule has 1 aliphatic heterocycles. The van der Waals surface area contributed by atoms with Crippen LogP contribution in [0.5, 0.6) is 11.6 Å². The zero-order valence-electron chi connectivity index (χ0n) is 15.4. The van der Waals surface area contributed by atoms with Gasteiger partial charge in [0, 0.05) is 29.9 Å². The van der Waals surface area contributed by atoms with Crippen molar-refractivity contribution in [1.82, 2.24) is 4.98 Å². The second kappa shape index (κ2) is 8.32. The van der Waals surface area contributed by atoms with Crippen LogP contribution in [-0.2, 0) is 9.59 Å². The summed E-state index contributed by atoms with van der Waals surface area (Å²) in [4.78, 5) is 31.0. The van der Waals surface area contributed by atoms with Crippen molar-refractivity contribution in [2.24, 2.45) is 5.92 Å². The summed E-state index contributed by atoms with van der Waals surface area (Å²) in [6.07, 6.45) is 1.72. The largest absolute Gasteiger partial charge is 0.437 e. The van der Waals surface area contributed by atoms with E-state index in [9.17, 15) is 9.59 Å². The molecular formula is C22H18ClN3O3. The lowest BCUT2D eigenvalue weighted by molar-refractivity contribution is -0.122. The fourth-order valence-corrected chi connectivity index (χ4v) is 3.36. The minimum absolute atomic E-state index is 0.112. The molecule has 1 fully saturated rings. The van der Waals surface area contributed by atoms with Crippen LogP contribution in [0.3, 0.4) is 0 Å². The molecular weight excluding hydrogens is 390 g/mol. The molecule has 0 aliphatic carbocycles. The number of halogens is 1. The predicted molar refractivity (Wildman–Crippen MR) is 111 cm³/mol. The maximum atomic E-state index is 12.8. The van der Waals surface area contributed by atoms with Gasteiger partial charge >= 0.3 is 0 Å². The highest BCUT2D eigenvalue weighted by Gasteiger charge is 2.35. The Bertz CT molecular complexity index is 1040. The average Bonchev–Trinajstić information content (AvgIpc) is 3.12. The van der Waals surface area contributed by atoms with Gasteiger partial charge < -0.3 is 15.0 Å². The molecule has 2 heterocycles. The SMILES string of the molecule is O=C(Nc1cccnc1Oc1ccccc1)C1CC(=O)N(c2cccc(Cl)c2)C1. The Hall–Kier alpha value is -3.38. The van der Waals surface area contributed by atoms with Crippen molar-refractivity contribution in [3.05, 3.63) is 77.9 Å². The minimum atomic E-state index is -0.480. The number of para-hydroxylation sites is 1. The number of benzene rings is 2. The second-order valence-electron chi connectivity index (χ2n) is 6.65. The summed E-state index contributed by atoms with van der Waals surface area (Å²) in [5, 5.41) is 3.39. The van der Waals surface area contributed by atoms with Crippen LogP contribution in [-0.4, -0.2) is 23.3 Å². The van der Waals surface area contributed by atoms with Crippen LogP contribution in [0.1, 0.15) is 6.42 Å². The molecule has 0 spiro atoms. The van der Waals surface area contributed by atoms with Crippen LogP contribution in [0.4, 0.5) is 11.4 Å². The van der Waals surface area contributed by atoms with Crippen molar-refractivity contribution in [2.75, 3.05) is 16.8 Å². The standard InChI is InChI=1S/C22H18ClN3O3/c23-16-6-4-7-17(13-16)26-14-15(12-20(26)27)21(28)25-19-10-5-11-24-22(19)29-18-8-2-1-3-9-18/h1-11,13,15H,12,14H2,(H,25,28). The number of carbonyl (C=O) groups excluding carboxylic acids is 2. The highest BCUT2D eigenvalue weighted by Crippen LogP contribution is 2.30. The van der Waals surface area contributed by atoms with Gasteiger partial charge in [0.2, 0.25) is 17.7 Å². The lowest BCUT2D eigenvalue weighted by Crippen LogP contribution is -2.28. The van der Waals surface area contributed by atoms with Gasteiger partial charge in [-0.15, -0.1) is 0 Å². The van der Waals surface area contributed by atoms with Crippen molar-refractivity contribution >= 4 is 34.8 Å². The number of hydrogen-bond acceptors (Lipinski definition) is 4. The molecule has 1 atom stereocenters. The maximum absolute atomic E-state index is 12.8. The molecule has 1 N–H and O–H groups in total. The van der Waals surface area contributed by atoms with Crippen molar-refractivity contribution in [2.45, 2.75) is 6.42 Å². The van der Waals surface area contributed by atoms with E-state index in [1.807, 2.05) is 18.2 Å². The van der Waals surface area contributed by atoms with Crippen LogP contribution >= 0.6 is 11.6 Å². The van der Waals surface area contributed by atoms with E-state index in [-0.39, 0.29) is 18.2 Å². The number of amides is 2. The quantitative estimate of drug-likeness (QED) is 0.675. The van der Waals surface area contributed by atoms with E-state index in [0.717, 1.165) is 0 Å². The Morgan fingerprint density at radius 2 is 1.93 bits per heavy atom. The van der Waals surface area contributed by atoms with E-state index >= 15 is 0 Å². The normalized spacial score (nSPS) is 16.0. The Balaban J connectivity index is 1.47. The summed E-state index contributed by atoms with van der Waals surface area (Å²) in [7, 11) is 0. The molecule has 1 aliphatic rings. The van der Waals surface area contributed by atoms with Crippen LogP contribution in [0.2, 0.25) is 5.02 Å². The molecule has 0 bridgehead atoms. The summed E-state index contributed by atoms with van der Waals surface area (Å²) in [6, 6.07) is 19.7. The van der Waals surface area contributed by atoms with Gasteiger partial charge in [-0.2, -0.15) is 0 Å². The summed E-state index contributed by atoms with van der Waals surface area (Å²) >= 11 is 6.02. The molecule has 6 nitrogen and oxygen atoms in total. The Morgan fingerprint density at radius 1 is 1.10 bits per heavy atom. The van der Waals surface area contributed by atoms with Gasteiger partial charge in [-0.3, -0.25) is 9.59 Å². The zero-order valence-corrected chi connectivity index (χ0v) is 16.2. The van der Waals surface area contributed by atoms with Crippen molar-refractivity contribution < 1.29 is 14.3 Å². The van der Waals surface area contributed by atoms with E-state index in [1.54, 1.807) is 59.6 Å². The fourth-order valence-electron chi connectivity index (χ4n) is 3.18. The number of nitrogens with one attached hydrogen (secondary N) is 1. The van der Waals surface area contributed by atoms with Crippen LogP contribution < -0.4 is 15.0 Å². The van der Waals surface area contributed by atoms with Gasteiger partial charge in [-0.25, -0.2) is 4.98 Å². The fraction of sp³-hybridized carbons (Fsp3) is 0.136. The number of anilines is 2. The number of rotatable bonds is 5. The zero-order chi connectivity index (χ0) is 20.2. The first kappa shape index (κ1) is 19.0. The molecule has 4 rings (SSSR count). The summed E-state index contributed by atoms with van der Waals surface area (Å²) in [5.74, 6) is 0.0624. The van der Waals surface area contributed by atoms with Crippen LogP contribution in [0.25, 0.3) is 0 Å². The first-order valence-electron chi connectivity index (χ1n) is 9.15. The molecule has 2 amide bonds. The Morgan fingerprint density at radius 3 is 2.72 bits per heavy atom. The van der Waals surface area contributed by atoms with E-state index in [0.29, 0.717) is 34.6 Å². The van der Waals surface area contributed by atoms with Crippen LogP contribution in [0.15, 0.2) is 72.9 Å². The van der Waals surface area contributed by atoms with Gasteiger partial charge in [0.05, 0.1) is 5.92 Å². The second-order valence-corrected chi connectivity index (χ2v) is 7.08. The van der Waals surface area contributed by atoms with E-state index in [2.05, 4.69) is 10.3 Å². The van der Waals surface area contributed by atoms with E-state index in [1.165, 1.54) is 0 Å². The lowest BCUT2D eigenvalue weighted by atomic mass is 10.1. The maximum Gasteiger partial charge on any atom is 0.243 e. The summed E-state index contributed by atoms with van der Waals surface area (Å²) in [5.41, 5.74) is 1.14. The molecule has 1 saturated heterocycles. The number of pyridine rings is 1. The van der Waals surface area contributed by atoms with Gasteiger partial charge in [0.15, 0.2) is 0 Å². The number of aromatic nitrogens is 1. The van der Waals surface area contributed by atoms with Gasteiger partial charge in [0.25, 0.3) is 0 Å². The third kappa shape index (κ3) is 4.38. The lowest BCUT2D eigenvalue weighted by Gasteiger charge is -2.17. The number of ether oxygens (including phenoxy) is 1. The molecule has 7 heteroatoms. The Labute approximate surface area is 173 Å². The first-order chi connectivity index (χ1) is 14.1. The van der Waals surface area contributed by atoms with E-state index < -0.39 is 5.92 Å². The van der Waals surface area contributed by atoms with Crippen LogP contribution in [0, 0.1) is 5.92 Å². The minimum Gasteiger partial charge on any atom is -0.437 e. The highest BCUT2D eigenvalue weighted by molar-refractivity contribution is 6.31. The first-order valence-corrected chi connectivity index (χ1v) is 9.52. The summed E-state index contributed by atoms with van der Waals surface area (Å²) in [6.45, 7) is 0.292. The molecule has 0 saturated carbocycles. The topological polar surface area (TPSA) is 71.5 Å². The van der Waals surface area contributed by atoms with E-state index in [4.69, 9.17) is 16.3 Å². The average molecular weight is 408 g/mol. The number of nitrogens with zero attached hydrogens (tertiary/aromatic N) is 2. The van der Waals surface area contributed by atoms with Gasteiger partial charge in [-0.05, 0) is 42.5 Å². The monoisotopic (exact) mass is 407 g/mol.